The van der Waals surface area contributed by atoms with E-state index in [1.807, 2.05) is 36.4 Å². The topological polar surface area (TPSA) is 49.3 Å². The number of rotatable bonds is 6. The summed E-state index contributed by atoms with van der Waals surface area (Å²) in [5.41, 5.74) is 3.36. The predicted octanol–water partition coefficient (Wildman–Crippen LogP) is 3.60. The predicted molar refractivity (Wildman–Crippen MR) is 85.8 cm³/mol. The first kappa shape index (κ1) is 15.5. The molecule has 0 atom stereocenters. The van der Waals surface area contributed by atoms with Crippen molar-refractivity contribution < 1.29 is 9.90 Å². The van der Waals surface area contributed by atoms with Crippen molar-refractivity contribution in [1.82, 2.24) is 0 Å². The maximum absolute atomic E-state index is 12.2. The lowest BCUT2D eigenvalue weighted by atomic mass is 10.1. The van der Waals surface area contributed by atoms with Crippen LogP contribution in [0.5, 0.6) is 0 Å². The highest BCUT2D eigenvalue weighted by Crippen LogP contribution is 2.15. The zero-order chi connectivity index (χ0) is 15.1. The van der Waals surface area contributed by atoms with Crippen LogP contribution in [-0.4, -0.2) is 17.6 Å². The molecule has 0 aliphatic rings. The Hall–Kier alpha value is -1.84. The minimum atomic E-state index is -0.152. The summed E-state index contributed by atoms with van der Waals surface area (Å²) in [7, 11) is 0. The molecule has 0 spiro atoms. The van der Waals surface area contributed by atoms with Crippen molar-refractivity contribution in [2.24, 2.45) is 0 Å². The quantitative estimate of drug-likeness (QED) is 0.801. The molecule has 0 radical (unpaired) electrons. The molecule has 0 bridgehead atoms. The highest BCUT2D eigenvalue weighted by molar-refractivity contribution is 6.17. The van der Waals surface area contributed by atoms with Crippen molar-refractivity contribution in [3.05, 3.63) is 65.2 Å². The molecule has 0 saturated carbocycles. The average molecular weight is 304 g/mol. The SMILES string of the molecule is O=C(Nc1cccc(CCCO)c1)c1cccc(CCl)c1. The number of benzene rings is 2. The van der Waals surface area contributed by atoms with Gasteiger partial charge in [-0.15, -0.1) is 11.6 Å². The number of amides is 1. The first-order valence-electron chi connectivity index (χ1n) is 6.89. The fourth-order valence-corrected chi connectivity index (χ4v) is 2.25. The number of alkyl halides is 1. The smallest absolute Gasteiger partial charge is 0.255 e. The van der Waals surface area contributed by atoms with E-state index in [0.717, 1.165) is 29.7 Å². The molecule has 2 aromatic carbocycles. The fraction of sp³-hybridized carbons (Fsp3) is 0.235. The number of hydrogen-bond donors (Lipinski definition) is 2. The Bertz CT molecular complexity index is 613. The number of carbonyl (C=O) groups excluding carboxylic acids is 1. The number of anilines is 1. The lowest BCUT2D eigenvalue weighted by Gasteiger charge is -2.08. The van der Waals surface area contributed by atoms with Gasteiger partial charge in [-0.25, -0.2) is 0 Å². The molecule has 0 aliphatic carbocycles. The van der Waals surface area contributed by atoms with Crippen LogP contribution in [0.4, 0.5) is 5.69 Å². The third-order valence-corrected chi connectivity index (χ3v) is 3.46. The lowest BCUT2D eigenvalue weighted by molar-refractivity contribution is 0.102. The Kier molecular flexibility index (Phi) is 5.78. The van der Waals surface area contributed by atoms with E-state index in [4.69, 9.17) is 16.7 Å². The molecule has 0 unspecified atom stereocenters. The van der Waals surface area contributed by atoms with E-state index >= 15 is 0 Å². The number of nitrogens with one attached hydrogen (secondary N) is 1. The second-order valence-electron chi connectivity index (χ2n) is 4.82. The largest absolute Gasteiger partial charge is 0.396 e. The van der Waals surface area contributed by atoms with E-state index in [1.165, 1.54) is 0 Å². The Morgan fingerprint density at radius 3 is 2.62 bits per heavy atom. The number of aliphatic hydroxyl groups excluding tert-OH is 1. The molecule has 2 rings (SSSR count). The van der Waals surface area contributed by atoms with Crippen molar-refractivity contribution in [3.63, 3.8) is 0 Å². The van der Waals surface area contributed by atoms with Crippen LogP contribution in [0.15, 0.2) is 48.5 Å². The summed E-state index contributed by atoms with van der Waals surface area (Å²) in [5.74, 6) is 0.235. The van der Waals surface area contributed by atoms with Crippen LogP contribution in [0.2, 0.25) is 0 Å². The van der Waals surface area contributed by atoms with E-state index in [-0.39, 0.29) is 12.5 Å². The van der Waals surface area contributed by atoms with E-state index in [2.05, 4.69) is 5.32 Å². The van der Waals surface area contributed by atoms with Gasteiger partial charge in [0.2, 0.25) is 0 Å². The summed E-state index contributed by atoms with van der Waals surface area (Å²) in [5, 5.41) is 11.7. The number of hydrogen-bond acceptors (Lipinski definition) is 2. The molecule has 3 nitrogen and oxygen atoms in total. The molecule has 0 aromatic heterocycles. The van der Waals surface area contributed by atoms with Gasteiger partial charge in [0.05, 0.1) is 0 Å². The summed E-state index contributed by atoms with van der Waals surface area (Å²) in [6, 6.07) is 14.9. The van der Waals surface area contributed by atoms with Gasteiger partial charge in [-0.2, -0.15) is 0 Å². The first-order chi connectivity index (χ1) is 10.2. The van der Waals surface area contributed by atoms with Gasteiger partial charge >= 0.3 is 0 Å². The molecule has 2 aromatic rings. The van der Waals surface area contributed by atoms with Crippen LogP contribution in [0.3, 0.4) is 0 Å². The van der Waals surface area contributed by atoms with Crippen molar-refractivity contribution >= 4 is 23.2 Å². The van der Waals surface area contributed by atoms with Crippen LogP contribution in [0, 0.1) is 0 Å². The van der Waals surface area contributed by atoms with Gasteiger partial charge in [0.1, 0.15) is 0 Å². The normalized spacial score (nSPS) is 10.4. The Balaban J connectivity index is 2.08. The summed E-state index contributed by atoms with van der Waals surface area (Å²) < 4.78 is 0. The molecule has 110 valence electrons. The Labute approximate surface area is 129 Å². The van der Waals surface area contributed by atoms with Crippen LogP contribution in [-0.2, 0) is 12.3 Å². The van der Waals surface area contributed by atoms with Gasteiger partial charge in [-0.05, 0) is 48.2 Å². The lowest BCUT2D eigenvalue weighted by Crippen LogP contribution is -2.12. The van der Waals surface area contributed by atoms with E-state index in [9.17, 15) is 4.79 Å². The molecule has 0 aliphatic heterocycles. The summed E-state index contributed by atoms with van der Waals surface area (Å²) in [6.07, 6.45) is 1.51. The van der Waals surface area contributed by atoms with Crippen molar-refractivity contribution in [2.75, 3.05) is 11.9 Å². The molecule has 2 N–H and O–H groups in total. The maximum Gasteiger partial charge on any atom is 0.255 e. The average Bonchev–Trinajstić information content (AvgIpc) is 2.53. The zero-order valence-corrected chi connectivity index (χ0v) is 12.4. The van der Waals surface area contributed by atoms with E-state index < -0.39 is 0 Å². The van der Waals surface area contributed by atoms with Gasteiger partial charge in [0.25, 0.3) is 5.91 Å². The summed E-state index contributed by atoms with van der Waals surface area (Å²) >= 11 is 5.78. The number of carbonyl (C=O) groups is 1. The standard InChI is InChI=1S/C17H18ClNO2/c18-12-14-5-1-7-15(10-14)17(21)19-16-8-2-4-13(11-16)6-3-9-20/h1-2,4-5,7-8,10-11,20H,3,6,9,12H2,(H,19,21). The van der Waals surface area contributed by atoms with E-state index in [1.54, 1.807) is 12.1 Å². The monoisotopic (exact) mass is 303 g/mol. The Morgan fingerprint density at radius 2 is 1.86 bits per heavy atom. The van der Waals surface area contributed by atoms with Gasteiger partial charge in [-0.1, -0.05) is 24.3 Å². The molecule has 0 saturated heterocycles. The zero-order valence-electron chi connectivity index (χ0n) is 11.7. The molecular weight excluding hydrogens is 286 g/mol. The van der Waals surface area contributed by atoms with Gasteiger partial charge < -0.3 is 10.4 Å². The third kappa shape index (κ3) is 4.59. The second-order valence-corrected chi connectivity index (χ2v) is 5.08. The number of aryl methyl sites for hydroxylation is 1. The molecular formula is C17H18ClNO2. The maximum atomic E-state index is 12.2. The highest BCUT2D eigenvalue weighted by Gasteiger charge is 2.07. The van der Waals surface area contributed by atoms with E-state index in [0.29, 0.717) is 11.4 Å². The second kappa shape index (κ2) is 7.81. The van der Waals surface area contributed by atoms with Crippen LogP contribution in [0.1, 0.15) is 27.9 Å². The van der Waals surface area contributed by atoms with Crippen LogP contribution < -0.4 is 5.32 Å². The van der Waals surface area contributed by atoms with Crippen LogP contribution >= 0.6 is 11.6 Å². The summed E-state index contributed by atoms with van der Waals surface area (Å²) in [6.45, 7) is 0.168. The molecule has 1 amide bonds. The minimum absolute atomic E-state index is 0.152. The van der Waals surface area contributed by atoms with Crippen molar-refractivity contribution in [2.45, 2.75) is 18.7 Å². The van der Waals surface area contributed by atoms with Crippen LogP contribution in [0.25, 0.3) is 0 Å². The summed E-state index contributed by atoms with van der Waals surface area (Å²) in [4.78, 5) is 12.2. The molecule has 4 heteroatoms. The number of aliphatic hydroxyl groups is 1. The van der Waals surface area contributed by atoms with Gasteiger partial charge in [0, 0.05) is 23.7 Å². The Morgan fingerprint density at radius 1 is 1.10 bits per heavy atom. The molecule has 0 heterocycles. The van der Waals surface area contributed by atoms with Gasteiger partial charge in [0.15, 0.2) is 0 Å². The minimum Gasteiger partial charge on any atom is -0.396 e. The molecule has 0 fully saturated rings. The van der Waals surface area contributed by atoms with Crippen molar-refractivity contribution in [1.29, 1.82) is 0 Å². The third-order valence-electron chi connectivity index (χ3n) is 3.15. The fourth-order valence-electron chi connectivity index (χ4n) is 2.09. The number of halogens is 1. The molecule has 21 heavy (non-hydrogen) atoms. The first-order valence-corrected chi connectivity index (χ1v) is 7.42. The van der Waals surface area contributed by atoms with Gasteiger partial charge in [-0.3, -0.25) is 4.79 Å². The van der Waals surface area contributed by atoms with Crippen molar-refractivity contribution in [3.8, 4) is 0 Å². The highest BCUT2D eigenvalue weighted by atomic mass is 35.5.